The van der Waals surface area contributed by atoms with Crippen molar-refractivity contribution < 1.29 is 13.2 Å². The lowest BCUT2D eigenvalue weighted by atomic mass is 10.2. The SMILES string of the molecule is CN(C)c1nc(Nc2ccc(C(F)(F)F)cc2)nc(N(C)C)n1. The predicted octanol–water partition coefficient (Wildman–Crippen LogP) is 2.77. The standard InChI is InChI=1S/C14H17F3N6/c1-22(2)12-19-11(20-13(21-12)23(3)4)18-10-7-5-9(6-8-10)14(15,16)17/h5-8H,1-4H3,(H,18,19,20,21). The number of aromatic nitrogens is 3. The van der Waals surface area contributed by atoms with E-state index in [4.69, 9.17) is 0 Å². The fraction of sp³-hybridized carbons (Fsp3) is 0.357. The molecular formula is C14H17F3N6. The van der Waals surface area contributed by atoms with Gasteiger partial charge >= 0.3 is 6.18 Å². The van der Waals surface area contributed by atoms with Crippen LogP contribution in [0.25, 0.3) is 0 Å². The minimum atomic E-state index is -4.36. The number of halogens is 3. The zero-order chi connectivity index (χ0) is 17.2. The Balaban J connectivity index is 2.28. The molecule has 0 unspecified atom stereocenters. The highest BCUT2D eigenvalue weighted by Gasteiger charge is 2.29. The van der Waals surface area contributed by atoms with Crippen molar-refractivity contribution in [3.63, 3.8) is 0 Å². The summed E-state index contributed by atoms with van der Waals surface area (Å²) in [5, 5.41) is 2.89. The number of alkyl halides is 3. The van der Waals surface area contributed by atoms with Crippen LogP contribution in [0.15, 0.2) is 24.3 Å². The Labute approximate surface area is 132 Å². The summed E-state index contributed by atoms with van der Waals surface area (Å²) < 4.78 is 37.7. The Kier molecular flexibility index (Phi) is 4.57. The van der Waals surface area contributed by atoms with E-state index in [1.54, 1.807) is 38.0 Å². The molecular weight excluding hydrogens is 309 g/mol. The molecule has 0 spiro atoms. The number of hydrogen-bond donors (Lipinski definition) is 1. The Morgan fingerprint density at radius 3 is 1.70 bits per heavy atom. The van der Waals surface area contributed by atoms with Gasteiger partial charge in [-0.3, -0.25) is 0 Å². The van der Waals surface area contributed by atoms with Gasteiger partial charge in [-0.2, -0.15) is 28.1 Å². The first kappa shape index (κ1) is 16.8. The van der Waals surface area contributed by atoms with Crippen LogP contribution >= 0.6 is 0 Å². The van der Waals surface area contributed by atoms with E-state index in [1.807, 2.05) is 0 Å². The lowest BCUT2D eigenvalue weighted by Crippen LogP contribution is -2.19. The van der Waals surface area contributed by atoms with Crippen LogP contribution in [0.5, 0.6) is 0 Å². The molecule has 124 valence electrons. The van der Waals surface area contributed by atoms with Gasteiger partial charge in [-0.25, -0.2) is 0 Å². The summed E-state index contributed by atoms with van der Waals surface area (Å²) in [6, 6.07) is 4.67. The van der Waals surface area contributed by atoms with E-state index in [-0.39, 0.29) is 5.95 Å². The molecule has 0 saturated heterocycles. The smallest absolute Gasteiger partial charge is 0.347 e. The molecule has 0 aliphatic carbocycles. The molecule has 9 heteroatoms. The molecule has 2 aromatic rings. The normalized spacial score (nSPS) is 11.3. The van der Waals surface area contributed by atoms with E-state index < -0.39 is 11.7 Å². The molecule has 0 amide bonds. The van der Waals surface area contributed by atoms with Gasteiger partial charge in [0.1, 0.15) is 0 Å². The molecule has 2 rings (SSSR count). The highest BCUT2D eigenvalue weighted by Crippen LogP contribution is 2.30. The first-order chi connectivity index (χ1) is 10.7. The third-order valence-electron chi connectivity index (χ3n) is 2.88. The Morgan fingerprint density at radius 2 is 1.30 bits per heavy atom. The Bertz CT molecular complexity index is 641. The molecule has 1 aromatic heterocycles. The van der Waals surface area contributed by atoms with Crippen molar-refractivity contribution >= 4 is 23.5 Å². The van der Waals surface area contributed by atoms with Crippen molar-refractivity contribution in [2.45, 2.75) is 6.18 Å². The van der Waals surface area contributed by atoms with Crippen LogP contribution in [0.3, 0.4) is 0 Å². The molecule has 1 N–H and O–H groups in total. The highest BCUT2D eigenvalue weighted by atomic mass is 19.4. The Hall–Kier alpha value is -2.58. The number of rotatable bonds is 4. The summed E-state index contributed by atoms with van der Waals surface area (Å²) in [6.07, 6.45) is -4.36. The highest BCUT2D eigenvalue weighted by molar-refractivity contribution is 5.56. The zero-order valence-electron chi connectivity index (χ0n) is 13.2. The number of benzene rings is 1. The number of anilines is 4. The van der Waals surface area contributed by atoms with E-state index >= 15 is 0 Å². The van der Waals surface area contributed by atoms with E-state index in [0.29, 0.717) is 17.6 Å². The van der Waals surface area contributed by atoms with E-state index in [1.165, 1.54) is 12.1 Å². The van der Waals surface area contributed by atoms with Crippen molar-refractivity contribution in [1.82, 2.24) is 15.0 Å². The summed E-state index contributed by atoms with van der Waals surface area (Å²) in [5.41, 5.74) is -0.250. The van der Waals surface area contributed by atoms with Crippen LogP contribution in [0.4, 0.5) is 36.7 Å². The zero-order valence-corrected chi connectivity index (χ0v) is 13.2. The summed E-state index contributed by atoms with van der Waals surface area (Å²) in [4.78, 5) is 16.1. The lowest BCUT2D eigenvalue weighted by molar-refractivity contribution is -0.137. The van der Waals surface area contributed by atoms with Crippen molar-refractivity contribution in [2.75, 3.05) is 43.3 Å². The number of nitrogens with zero attached hydrogens (tertiary/aromatic N) is 5. The maximum atomic E-state index is 12.6. The molecule has 0 aliphatic heterocycles. The van der Waals surface area contributed by atoms with Gasteiger partial charge in [0.05, 0.1) is 5.56 Å². The molecule has 0 fully saturated rings. The van der Waals surface area contributed by atoms with Gasteiger partial charge in [0.15, 0.2) is 0 Å². The van der Waals surface area contributed by atoms with Crippen molar-refractivity contribution in [2.24, 2.45) is 0 Å². The largest absolute Gasteiger partial charge is 0.416 e. The van der Waals surface area contributed by atoms with Crippen LogP contribution in [-0.4, -0.2) is 43.1 Å². The summed E-state index contributed by atoms with van der Waals surface area (Å²) in [7, 11) is 7.15. The average Bonchev–Trinajstić information content (AvgIpc) is 2.46. The third kappa shape index (κ3) is 4.21. The monoisotopic (exact) mass is 326 g/mol. The topological polar surface area (TPSA) is 57.2 Å². The number of hydrogen-bond acceptors (Lipinski definition) is 6. The molecule has 0 atom stereocenters. The van der Waals surface area contributed by atoms with E-state index in [2.05, 4.69) is 20.3 Å². The molecule has 1 heterocycles. The minimum absolute atomic E-state index is 0.257. The second kappa shape index (κ2) is 6.27. The van der Waals surface area contributed by atoms with Gasteiger partial charge in [0.25, 0.3) is 0 Å². The second-order valence-corrected chi connectivity index (χ2v) is 5.25. The average molecular weight is 326 g/mol. The Morgan fingerprint density at radius 1 is 0.826 bits per heavy atom. The minimum Gasteiger partial charge on any atom is -0.347 e. The van der Waals surface area contributed by atoms with Gasteiger partial charge in [-0.05, 0) is 24.3 Å². The molecule has 0 bridgehead atoms. The first-order valence-electron chi connectivity index (χ1n) is 6.72. The van der Waals surface area contributed by atoms with Crippen molar-refractivity contribution in [1.29, 1.82) is 0 Å². The van der Waals surface area contributed by atoms with Crippen LogP contribution in [0, 0.1) is 0 Å². The quantitative estimate of drug-likeness (QED) is 0.932. The molecule has 0 aliphatic rings. The molecule has 23 heavy (non-hydrogen) atoms. The van der Waals surface area contributed by atoms with Gasteiger partial charge in [0.2, 0.25) is 17.8 Å². The van der Waals surface area contributed by atoms with E-state index in [0.717, 1.165) is 12.1 Å². The molecule has 1 aromatic carbocycles. The molecule has 0 saturated carbocycles. The summed E-state index contributed by atoms with van der Waals surface area (Å²) in [5.74, 6) is 1.14. The van der Waals surface area contributed by atoms with Gasteiger partial charge < -0.3 is 15.1 Å². The third-order valence-corrected chi connectivity index (χ3v) is 2.88. The van der Waals surface area contributed by atoms with Gasteiger partial charge in [-0.15, -0.1) is 0 Å². The van der Waals surface area contributed by atoms with Crippen LogP contribution in [-0.2, 0) is 6.18 Å². The summed E-state index contributed by atoms with van der Waals surface area (Å²) in [6.45, 7) is 0. The molecule has 0 radical (unpaired) electrons. The maximum Gasteiger partial charge on any atom is 0.416 e. The maximum absolute atomic E-state index is 12.6. The summed E-state index contributed by atoms with van der Waals surface area (Å²) >= 11 is 0. The van der Waals surface area contributed by atoms with E-state index in [9.17, 15) is 13.2 Å². The van der Waals surface area contributed by atoms with Gasteiger partial charge in [-0.1, -0.05) is 0 Å². The van der Waals surface area contributed by atoms with Gasteiger partial charge in [0, 0.05) is 33.9 Å². The second-order valence-electron chi connectivity index (χ2n) is 5.25. The van der Waals surface area contributed by atoms with Crippen LogP contribution in [0.2, 0.25) is 0 Å². The number of nitrogens with one attached hydrogen (secondary N) is 1. The lowest BCUT2D eigenvalue weighted by Gasteiger charge is -2.16. The van der Waals surface area contributed by atoms with Crippen LogP contribution < -0.4 is 15.1 Å². The van der Waals surface area contributed by atoms with Crippen molar-refractivity contribution in [3.8, 4) is 0 Å². The fourth-order valence-electron chi connectivity index (χ4n) is 1.68. The van der Waals surface area contributed by atoms with Crippen LogP contribution in [0.1, 0.15) is 5.56 Å². The van der Waals surface area contributed by atoms with Crippen molar-refractivity contribution in [3.05, 3.63) is 29.8 Å². The fourth-order valence-corrected chi connectivity index (χ4v) is 1.68. The molecule has 6 nitrogen and oxygen atoms in total. The first-order valence-corrected chi connectivity index (χ1v) is 6.72. The predicted molar refractivity (Wildman–Crippen MR) is 83.2 cm³/mol.